The van der Waals surface area contributed by atoms with Gasteiger partial charge in [0.2, 0.25) is 0 Å². The lowest BCUT2D eigenvalue weighted by molar-refractivity contribution is -0.392. The lowest BCUT2D eigenvalue weighted by Gasteiger charge is -2.72. The van der Waals surface area contributed by atoms with Gasteiger partial charge in [0.1, 0.15) is 79.4 Å². The maximum absolute atomic E-state index is 13.4. The summed E-state index contributed by atoms with van der Waals surface area (Å²) in [5.74, 6) is -3.88. The monoisotopic (exact) mass is 1130 g/mol. The number of aliphatic hydroxyl groups excluding tert-OH is 12. The summed E-state index contributed by atoms with van der Waals surface area (Å²) in [6.45, 7) is 14.1. The number of esters is 2. The lowest BCUT2D eigenvalue weighted by atomic mass is 9.33. The minimum atomic E-state index is -2.18. The van der Waals surface area contributed by atoms with E-state index < -0.39 is 199 Å². The summed E-state index contributed by atoms with van der Waals surface area (Å²) < 4.78 is 48.2. The highest BCUT2D eigenvalue weighted by atomic mass is 16.8. The highest BCUT2D eigenvalue weighted by Crippen LogP contribution is 2.76. The lowest BCUT2D eigenvalue weighted by Crippen LogP contribution is -2.72. The number of hydrogen-bond donors (Lipinski definition) is 13. The topological polar surface area (TPSA) is 388 Å². The van der Waals surface area contributed by atoms with Gasteiger partial charge in [-0.25, -0.2) is 9.59 Å². The minimum absolute atomic E-state index is 0.0849. The Balaban J connectivity index is 1.12. The zero-order chi connectivity index (χ0) is 58.4. The Hall–Kier alpha value is -2.83. The average molecular weight is 1130 g/mol. The molecule has 7 fully saturated rings. The summed E-state index contributed by atoms with van der Waals surface area (Å²) in [5.41, 5.74) is -3.78. The fraction of sp³-hybridized carbons (Fsp3) is 0.873. The number of carbonyl (C=O) groups is 3. The maximum atomic E-state index is 13.4. The molecule has 24 nitrogen and oxygen atoms in total. The molecule has 8 rings (SSSR count). The van der Waals surface area contributed by atoms with E-state index in [1.54, 1.807) is 19.9 Å². The number of fused-ring (bicyclic) bond motifs is 7. The van der Waals surface area contributed by atoms with E-state index in [1.807, 2.05) is 20.8 Å². The fourth-order valence-electron chi connectivity index (χ4n) is 16.2. The number of allylic oxidation sites excluding steroid dienone is 3. The summed E-state index contributed by atoms with van der Waals surface area (Å²) in [4.78, 5) is 39.5. The molecule has 8 aliphatic rings. The Morgan fingerprint density at radius 3 is 1.76 bits per heavy atom. The van der Waals surface area contributed by atoms with Gasteiger partial charge in [-0.3, -0.25) is 4.79 Å². The van der Waals surface area contributed by atoms with E-state index >= 15 is 0 Å². The molecule has 450 valence electrons. The van der Waals surface area contributed by atoms with E-state index in [9.17, 15) is 80.8 Å². The Morgan fingerprint density at radius 1 is 0.658 bits per heavy atom. The molecule has 4 saturated carbocycles. The van der Waals surface area contributed by atoms with E-state index in [2.05, 4.69) is 26.8 Å². The first-order valence-corrected chi connectivity index (χ1v) is 27.7. The van der Waals surface area contributed by atoms with Gasteiger partial charge in [0.25, 0.3) is 0 Å². The first-order chi connectivity index (χ1) is 36.9. The van der Waals surface area contributed by atoms with E-state index in [4.69, 9.17) is 37.9 Å². The Bertz CT molecular complexity index is 2290. The van der Waals surface area contributed by atoms with Crippen molar-refractivity contribution in [3.05, 3.63) is 23.3 Å². The molecule has 24 heteroatoms. The second-order valence-electron chi connectivity index (χ2n) is 25.5. The number of aliphatic hydroxyl groups is 12. The molecule has 0 aromatic heterocycles. The van der Waals surface area contributed by atoms with E-state index in [1.165, 1.54) is 6.92 Å². The van der Waals surface area contributed by atoms with Gasteiger partial charge in [-0.15, -0.1) is 0 Å². The van der Waals surface area contributed by atoms with Crippen molar-refractivity contribution in [1.82, 2.24) is 0 Å². The molecule has 0 spiro atoms. The quantitative estimate of drug-likeness (QED) is 0.0415. The molecule has 3 aliphatic heterocycles. The van der Waals surface area contributed by atoms with Crippen LogP contribution in [0.3, 0.4) is 0 Å². The first kappa shape index (κ1) is 62.2. The van der Waals surface area contributed by atoms with E-state index in [0.29, 0.717) is 37.7 Å². The smallest absolute Gasteiger partial charge is 0.335 e. The van der Waals surface area contributed by atoms with Crippen molar-refractivity contribution in [3.63, 3.8) is 0 Å². The van der Waals surface area contributed by atoms with Crippen LogP contribution in [0.1, 0.15) is 107 Å². The van der Waals surface area contributed by atoms with Gasteiger partial charge >= 0.3 is 17.9 Å². The van der Waals surface area contributed by atoms with Gasteiger partial charge in [-0.1, -0.05) is 59.3 Å². The van der Waals surface area contributed by atoms with Gasteiger partial charge in [0.15, 0.2) is 25.0 Å². The predicted molar refractivity (Wildman–Crippen MR) is 269 cm³/mol. The fourth-order valence-corrected chi connectivity index (χ4v) is 16.2. The zero-order valence-corrected chi connectivity index (χ0v) is 46.4. The summed E-state index contributed by atoms with van der Waals surface area (Å²) in [6, 6.07) is 0. The number of aliphatic carboxylic acids is 1. The molecule has 0 radical (unpaired) electrons. The molecule has 79 heavy (non-hydrogen) atoms. The number of carboxylic acid groups (broad SMARTS) is 1. The number of ether oxygens (including phenoxy) is 8. The molecule has 13 N–H and O–H groups in total. The summed E-state index contributed by atoms with van der Waals surface area (Å²) in [7, 11) is 0. The second-order valence-corrected chi connectivity index (χ2v) is 25.5. The molecule has 3 saturated heterocycles. The molecule has 0 aromatic rings. The van der Waals surface area contributed by atoms with Crippen LogP contribution in [0.25, 0.3) is 0 Å². The van der Waals surface area contributed by atoms with Crippen LogP contribution in [-0.2, 0) is 52.3 Å². The van der Waals surface area contributed by atoms with Crippen LogP contribution in [0.15, 0.2) is 23.3 Å². The van der Waals surface area contributed by atoms with Crippen LogP contribution in [0.4, 0.5) is 0 Å². The van der Waals surface area contributed by atoms with Gasteiger partial charge < -0.3 is 104 Å². The summed E-state index contributed by atoms with van der Waals surface area (Å²) >= 11 is 0. The van der Waals surface area contributed by atoms with Gasteiger partial charge in [-0.2, -0.15) is 0 Å². The van der Waals surface area contributed by atoms with Gasteiger partial charge in [0.05, 0.1) is 44.1 Å². The molecule has 0 bridgehead atoms. The average Bonchev–Trinajstić information content (AvgIpc) is 3.25. The number of rotatable bonds is 14. The van der Waals surface area contributed by atoms with Crippen molar-refractivity contribution in [2.24, 2.45) is 50.2 Å². The third kappa shape index (κ3) is 9.94. The van der Waals surface area contributed by atoms with Crippen molar-refractivity contribution in [3.8, 4) is 0 Å². The van der Waals surface area contributed by atoms with Crippen molar-refractivity contribution in [2.75, 3.05) is 26.4 Å². The molecular formula is C55H86O24. The molecule has 0 amide bonds. The van der Waals surface area contributed by atoms with Crippen LogP contribution in [0.2, 0.25) is 0 Å². The highest BCUT2D eigenvalue weighted by molar-refractivity contribution is 5.87. The Morgan fingerprint density at radius 2 is 1.24 bits per heavy atom. The van der Waals surface area contributed by atoms with Crippen LogP contribution in [-0.4, -0.2) is 227 Å². The maximum Gasteiger partial charge on any atom is 0.335 e. The van der Waals surface area contributed by atoms with Crippen molar-refractivity contribution < 1.29 is 119 Å². The van der Waals surface area contributed by atoms with Gasteiger partial charge in [0, 0.05) is 23.3 Å². The molecule has 5 aliphatic carbocycles. The first-order valence-electron chi connectivity index (χ1n) is 27.7. The van der Waals surface area contributed by atoms with Crippen molar-refractivity contribution in [2.45, 2.75) is 224 Å². The normalized spacial score (nSPS) is 50.6. The Kier molecular flexibility index (Phi) is 17.8. The summed E-state index contributed by atoms with van der Waals surface area (Å²) in [6.07, 6.45) is -26.5. The highest BCUT2D eigenvalue weighted by Gasteiger charge is 2.74. The molecular weight excluding hydrogens is 1040 g/mol. The number of carboxylic acids is 1. The molecule has 27 atom stereocenters. The van der Waals surface area contributed by atoms with Crippen LogP contribution in [0, 0.1) is 50.2 Å². The van der Waals surface area contributed by atoms with E-state index in [0.717, 1.165) is 5.57 Å². The van der Waals surface area contributed by atoms with Crippen LogP contribution >= 0.6 is 0 Å². The molecule has 3 heterocycles. The van der Waals surface area contributed by atoms with Crippen LogP contribution in [0.5, 0.6) is 0 Å². The second kappa shape index (κ2) is 22.6. The molecule has 0 aromatic carbocycles. The largest absolute Gasteiger partial charge is 0.479 e. The summed E-state index contributed by atoms with van der Waals surface area (Å²) in [5, 5.41) is 143. The van der Waals surface area contributed by atoms with Crippen molar-refractivity contribution in [1.29, 1.82) is 0 Å². The van der Waals surface area contributed by atoms with E-state index in [-0.39, 0.29) is 24.7 Å². The third-order valence-corrected chi connectivity index (χ3v) is 21.1. The Labute approximate surface area is 459 Å². The third-order valence-electron chi connectivity index (χ3n) is 21.1. The zero-order valence-electron chi connectivity index (χ0n) is 46.4. The SMILES string of the molecule is C/C=C(\C)C(=O)OC1[C@H](OC(C)=O)C2(CO)C(CC1(C)C)C1=CCC3C4(C)CCC(O[C@@H]5O[C@H](C(=O)O)[C@@H](O[C@@H]6O[C@H](CO)[C@@H](O)[C@H](O)[C@H]6O)[C@H](O)[C@H]5O[C@H]5O[C@H](CO)[C@@H](O)[C@H](O)[C@H]5O)[C@](C)(CO)C4CCC3(C)[C@@]1(C)C[C@H]2O. The number of carbonyl (C=O) groups excluding carboxylic acids is 2. The number of hydrogen-bond acceptors (Lipinski definition) is 23. The molecule has 8 unspecified atom stereocenters. The standard InChI is InChI=1S/C55H86O24/c1-10-23(2)46(71)79-43-44(72-24(3)60)55(22-59)26(17-50(43,4)5)25-11-12-30-51(6)15-14-32(52(7,21-58)29(51)13-16-53(30,8)54(25,9)18-31(55)61)75-49-41(77-48-38(67)36(65)34(63)28(20-57)74-48)39(68)40(42(78-49)45(69)70)76-47-37(66)35(64)33(62)27(19-56)73-47/h10-11,26-44,47-49,56-59,61-68H,12-22H2,1-9H3,(H,69,70)/b23-10+/t26?,27-,28-,29?,30?,31-,32?,33-,34-,35+,36+,37-,38-,39+,40+,41-,42+,43?,44+,47+,48-,49-,51?,52-,53?,54+,55?/m1/s1. The minimum Gasteiger partial charge on any atom is -0.479 e. The van der Waals surface area contributed by atoms with Crippen LogP contribution < -0.4 is 0 Å². The van der Waals surface area contributed by atoms with Crippen molar-refractivity contribution >= 4 is 17.9 Å². The van der Waals surface area contributed by atoms with Gasteiger partial charge in [-0.05, 0) is 92.8 Å². The predicted octanol–water partition coefficient (Wildman–Crippen LogP) is -1.32.